The molecule has 2 nitrogen and oxygen atoms in total. The van der Waals surface area contributed by atoms with Gasteiger partial charge >= 0.3 is 0 Å². The lowest BCUT2D eigenvalue weighted by Crippen LogP contribution is -2.28. The van der Waals surface area contributed by atoms with Crippen LogP contribution in [0.3, 0.4) is 0 Å². The van der Waals surface area contributed by atoms with Crippen LogP contribution >= 0.6 is 15.9 Å². The molecule has 0 saturated heterocycles. The first-order chi connectivity index (χ1) is 8.02. The summed E-state index contributed by atoms with van der Waals surface area (Å²) in [5.74, 6) is 1.57. The highest BCUT2D eigenvalue weighted by Gasteiger charge is 2.09. The van der Waals surface area contributed by atoms with Crippen LogP contribution in [0, 0.1) is 5.92 Å². The van der Waals surface area contributed by atoms with Crippen molar-refractivity contribution in [2.24, 2.45) is 5.92 Å². The highest BCUT2D eigenvalue weighted by molar-refractivity contribution is 9.10. The van der Waals surface area contributed by atoms with Gasteiger partial charge in [0.1, 0.15) is 5.75 Å². The first-order valence-corrected chi connectivity index (χ1v) is 6.88. The smallest absolute Gasteiger partial charge is 0.122 e. The van der Waals surface area contributed by atoms with Crippen molar-refractivity contribution in [1.82, 2.24) is 5.32 Å². The van der Waals surface area contributed by atoms with Gasteiger partial charge in [-0.2, -0.15) is 0 Å². The molecule has 1 unspecified atom stereocenters. The van der Waals surface area contributed by atoms with E-state index in [1.54, 1.807) is 7.11 Å². The summed E-state index contributed by atoms with van der Waals surface area (Å²) in [5.41, 5.74) is 1.26. The highest BCUT2D eigenvalue weighted by Crippen LogP contribution is 2.25. The molecule has 1 aromatic carbocycles. The molecule has 3 heteroatoms. The number of benzene rings is 1. The molecular weight excluding hydrogens is 278 g/mol. The summed E-state index contributed by atoms with van der Waals surface area (Å²) in [6.45, 7) is 7.64. The van der Waals surface area contributed by atoms with Gasteiger partial charge in [-0.15, -0.1) is 0 Å². The van der Waals surface area contributed by atoms with Crippen LogP contribution in [-0.2, 0) is 6.42 Å². The minimum absolute atomic E-state index is 0.543. The van der Waals surface area contributed by atoms with Crippen LogP contribution in [-0.4, -0.2) is 19.7 Å². The fourth-order valence-electron chi connectivity index (χ4n) is 1.79. The molecule has 1 atom stereocenters. The Hall–Kier alpha value is -0.540. The van der Waals surface area contributed by atoms with Crippen LogP contribution in [0.4, 0.5) is 0 Å². The van der Waals surface area contributed by atoms with Gasteiger partial charge in [0.2, 0.25) is 0 Å². The number of halogens is 1. The number of nitrogens with one attached hydrogen (secondary N) is 1. The summed E-state index contributed by atoms with van der Waals surface area (Å²) < 4.78 is 6.49. The van der Waals surface area contributed by atoms with Gasteiger partial charge in [0, 0.05) is 10.5 Å². The van der Waals surface area contributed by atoms with Crippen LogP contribution in [0.15, 0.2) is 22.7 Å². The third kappa shape index (κ3) is 5.09. The minimum atomic E-state index is 0.543. The van der Waals surface area contributed by atoms with Gasteiger partial charge < -0.3 is 10.1 Å². The Kier molecular flexibility index (Phi) is 6.00. The molecule has 0 heterocycles. The molecule has 0 aromatic heterocycles. The molecular formula is C14H22BrNO. The summed E-state index contributed by atoms with van der Waals surface area (Å²) in [7, 11) is 1.73. The second kappa shape index (κ2) is 7.02. The van der Waals surface area contributed by atoms with E-state index in [1.807, 2.05) is 12.1 Å². The average molecular weight is 300 g/mol. The van der Waals surface area contributed by atoms with Gasteiger partial charge in [-0.05, 0) is 42.6 Å². The van der Waals surface area contributed by atoms with E-state index in [0.717, 1.165) is 23.2 Å². The molecule has 0 fully saturated rings. The topological polar surface area (TPSA) is 21.3 Å². The molecule has 0 spiro atoms. The number of methoxy groups -OCH3 is 1. The van der Waals surface area contributed by atoms with E-state index >= 15 is 0 Å². The Balaban J connectivity index is 2.63. The lowest BCUT2D eigenvalue weighted by atomic mass is 10.00. The van der Waals surface area contributed by atoms with E-state index in [1.165, 1.54) is 5.56 Å². The summed E-state index contributed by atoms with van der Waals surface area (Å²) >= 11 is 3.51. The molecule has 0 saturated carbocycles. The fourth-order valence-corrected chi connectivity index (χ4v) is 2.20. The summed E-state index contributed by atoms with van der Waals surface area (Å²) in [5, 5.41) is 3.47. The molecule has 0 aliphatic heterocycles. The van der Waals surface area contributed by atoms with E-state index in [9.17, 15) is 0 Å². The van der Waals surface area contributed by atoms with Crippen molar-refractivity contribution in [3.63, 3.8) is 0 Å². The maximum atomic E-state index is 5.39. The Labute approximate surface area is 113 Å². The molecule has 0 amide bonds. The summed E-state index contributed by atoms with van der Waals surface area (Å²) in [6.07, 6.45) is 1.03. The zero-order valence-corrected chi connectivity index (χ0v) is 12.7. The van der Waals surface area contributed by atoms with Gasteiger partial charge in [0.15, 0.2) is 0 Å². The lowest BCUT2D eigenvalue weighted by Gasteiger charge is -2.16. The summed E-state index contributed by atoms with van der Waals surface area (Å²) in [4.78, 5) is 0. The zero-order valence-electron chi connectivity index (χ0n) is 11.1. The van der Waals surface area contributed by atoms with E-state index in [4.69, 9.17) is 4.74 Å². The first-order valence-electron chi connectivity index (χ1n) is 6.08. The van der Waals surface area contributed by atoms with Crippen molar-refractivity contribution < 1.29 is 4.74 Å². The van der Waals surface area contributed by atoms with Crippen LogP contribution < -0.4 is 10.1 Å². The van der Waals surface area contributed by atoms with Crippen LogP contribution in [0.5, 0.6) is 5.75 Å². The minimum Gasteiger partial charge on any atom is -0.496 e. The zero-order chi connectivity index (χ0) is 12.8. The Bertz CT molecular complexity index is 352. The predicted octanol–water partition coefficient (Wildman–Crippen LogP) is 3.63. The number of hydrogen-bond donors (Lipinski definition) is 1. The molecule has 1 aromatic rings. The van der Waals surface area contributed by atoms with Gasteiger partial charge in [0.25, 0.3) is 0 Å². The second-order valence-corrected chi connectivity index (χ2v) is 5.74. The molecule has 0 aliphatic rings. The third-order valence-corrected chi connectivity index (χ3v) is 3.18. The summed E-state index contributed by atoms with van der Waals surface area (Å²) in [6, 6.07) is 6.72. The first kappa shape index (κ1) is 14.5. The van der Waals surface area contributed by atoms with Gasteiger partial charge in [0.05, 0.1) is 7.11 Å². The quantitative estimate of drug-likeness (QED) is 0.866. The van der Waals surface area contributed by atoms with E-state index < -0.39 is 0 Å². The van der Waals surface area contributed by atoms with Crippen molar-refractivity contribution >= 4 is 15.9 Å². The molecule has 1 N–H and O–H groups in total. The molecule has 17 heavy (non-hydrogen) atoms. The van der Waals surface area contributed by atoms with Crippen molar-refractivity contribution in [3.8, 4) is 5.75 Å². The van der Waals surface area contributed by atoms with Crippen molar-refractivity contribution in [3.05, 3.63) is 28.2 Å². The van der Waals surface area contributed by atoms with E-state index in [2.05, 4.69) is 48.1 Å². The Morgan fingerprint density at radius 3 is 2.59 bits per heavy atom. The van der Waals surface area contributed by atoms with Crippen molar-refractivity contribution in [1.29, 1.82) is 0 Å². The molecule has 96 valence electrons. The van der Waals surface area contributed by atoms with Gasteiger partial charge in [-0.25, -0.2) is 0 Å². The largest absolute Gasteiger partial charge is 0.496 e. The van der Waals surface area contributed by atoms with Crippen molar-refractivity contribution in [2.75, 3.05) is 13.7 Å². The normalized spacial score (nSPS) is 12.8. The fraction of sp³-hybridized carbons (Fsp3) is 0.571. The van der Waals surface area contributed by atoms with E-state index in [0.29, 0.717) is 12.0 Å². The second-order valence-electron chi connectivity index (χ2n) is 4.83. The Morgan fingerprint density at radius 1 is 1.29 bits per heavy atom. The molecule has 0 radical (unpaired) electrons. The molecule has 0 bridgehead atoms. The standard InChI is InChI=1S/C14H22BrNO/c1-10(2)16-9-11(3)7-12-8-13(15)5-6-14(12)17-4/h5-6,8,10-11,16H,7,9H2,1-4H3. The number of rotatable bonds is 6. The van der Waals surface area contributed by atoms with E-state index in [-0.39, 0.29) is 0 Å². The van der Waals surface area contributed by atoms with Crippen LogP contribution in [0.1, 0.15) is 26.3 Å². The van der Waals surface area contributed by atoms with Gasteiger partial charge in [-0.3, -0.25) is 0 Å². The number of ether oxygens (including phenoxy) is 1. The monoisotopic (exact) mass is 299 g/mol. The Morgan fingerprint density at radius 2 is 2.00 bits per heavy atom. The lowest BCUT2D eigenvalue weighted by molar-refractivity contribution is 0.402. The maximum absolute atomic E-state index is 5.39. The van der Waals surface area contributed by atoms with Gasteiger partial charge in [-0.1, -0.05) is 36.7 Å². The maximum Gasteiger partial charge on any atom is 0.122 e. The van der Waals surface area contributed by atoms with Crippen molar-refractivity contribution in [2.45, 2.75) is 33.2 Å². The molecule has 0 aliphatic carbocycles. The predicted molar refractivity (Wildman–Crippen MR) is 76.7 cm³/mol. The van der Waals surface area contributed by atoms with Crippen LogP contribution in [0.2, 0.25) is 0 Å². The highest BCUT2D eigenvalue weighted by atomic mass is 79.9. The third-order valence-electron chi connectivity index (χ3n) is 2.69. The molecule has 1 rings (SSSR count). The average Bonchev–Trinajstić information content (AvgIpc) is 2.27. The number of hydrogen-bond acceptors (Lipinski definition) is 2. The SMILES string of the molecule is COc1ccc(Br)cc1CC(C)CNC(C)C. The van der Waals surface area contributed by atoms with Crippen LogP contribution in [0.25, 0.3) is 0 Å².